The fourth-order valence-corrected chi connectivity index (χ4v) is 1.87. The van der Waals surface area contributed by atoms with Gasteiger partial charge in [-0.2, -0.15) is 0 Å². The predicted octanol–water partition coefficient (Wildman–Crippen LogP) is 3.52. The van der Waals surface area contributed by atoms with Crippen LogP contribution in [-0.2, 0) is 6.61 Å². The first-order valence-electron chi connectivity index (χ1n) is 5.70. The fraction of sp³-hybridized carbons (Fsp3) is 0.538. The zero-order valence-corrected chi connectivity index (χ0v) is 12.2. The number of benzene rings is 1. The van der Waals surface area contributed by atoms with Gasteiger partial charge in [-0.05, 0) is 55.3 Å². The van der Waals surface area contributed by atoms with Crippen LogP contribution in [0.1, 0.15) is 33.3 Å². The van der Waals surface area contributed by atoms with Gasteiger partial charge in [0.2, 0.25) is 0 Å². The molecule has 1 rings (SSSR count). The van der Waals surface area contributed by atoms with Crippen LogP contribution in [0.15, 0.2) is 16.6 Å². The lowest BCUT2D eigenvalue weighted by molar-refractivity contribution is 0.224. The van der Waals surface area contributed by atoms with Crippen LogP contribution in [0, 0.1) is 0 Å². The Morgan fingerprint density at radius 3 is 2.18 bits per heavy atom. The molecule has 17 heavy (non-hydrogen) atoms. The SMILES string of the molecule is CC(C)Oc1cc(CO)c(Br)c(OC(C)C)c1. The minimum atomic E-state index is -0.0513. The average Bonchev–Trinajstić information content (AvgIpc) is 2.21. The molecular formula is C13H19BrO3. The van der Waals surface area contributed by atoms with Crippen molar-refractivity contribution in [2.75, 3.05) is 0 Å². The van der Waals surface area contributed by atoms with Crippen LogP contribution in [0.5, 0.6) is 11.5 Å². The molecule has 1 aromatic rings. The minimum absolute atomic E-state index is 0.0513. The van der Waals surface area contributed by atoms with Crippen LogP contribution in [0.2, 0.25) is 0 Å². The van der Waals surface area contributed by atoms with E-state index in [1.165, 1.54) is 0 Å². The maximum Gasteiger partial charge on any atom is 0.137 e. The first kappa shape index (κ1) is 14.3. The van der Waals surface area contributed by atoms with Gasteiger partial charge >= 0.3 is 0 Å². The molecule has 0 atom stereocenters. The zero-order valence-electron chi connectivity index (χ0n) is 10.7. The number of hydrogen-bond acceptors (Lipinski definition) is 3. The summed E-state index contributed by atoms with van der Waals surface area (Å²) < 4.78 is 12.1. The number of ether oxygens (including phenoxy) is 2. The van der Waals surface area contributed by atoms with Gasteiger partial charge in [-0.1, -0.05) is 0 Å². The molecule has 4 heteroatoms. The molecular weight excluding hydrogens is 284 g/mol. The van der Waals surface area contributed by atoms with Gasteiger partial charge < -0.3 is 14.6 Å². The van der Waals surface area contributed by atoms with Crippen molar-refractivity contribution >= 4 is 15.9 Å². The summed E-state index contributed by atoms with van der Waals surface area (Å²) in [5, 5.41) is 9.29. The molecule has 0 aromatic heterocycles. The third-order valence-electron chi connectivity index (χ3n) is 1.99. The Morgan fingerprint density at radius 1 is 1.12 bits per heavy atom. The van der Waals surface area contributed by atoms with E-state index in [1.807, 2.05) is 39.8 Å². The number of aliphatic hydroxyl groups excluding tert-OH is 1. The molecule has 0 aliphatic heterocycles. The van der Waals surface area contributed by atoms with Gasteiger partial charge in [0.05, 0.1) is 23.3 Å². The topological polar surface area (TPSA) is 38.7 Å². The largest absolute Gasteiger partial charge is 0.491 e. The van der Waals surface area contributed by atoms with Crippen LogP contribution in [0.4, 0.5) is 0 Å². The van der Waals surface area contributed by atoms with Crippen LogP contribution in [-0.4, -0.2) is 17.3 Å². The summed E-state index contributed by atoms with van der Waals surface area (Å²) in [7, 11) is 0. The maximum absolute atomic E-state index is 9.29. The standard InChI is InChI=1S/C13H19BrO3/c1-8(2)16-11-5-10(7-15)13(14)12(6-11)17-9(3)4/h5-6,8-9,15H,7H2,1-4H3. The summed E-state index contributed by atoms with van der Waals surface area (Å²) in [4.78, 5) is 0. The molecule has 0 saturated heterocycles. The highest BCUT2D eigenvalue weighted by Gasteiger charge is 2.12. The Balaban J connectivity index is 3.09. The molecule has 0 radical (unpaired) electrons. The van der Waals surface area contributed by atoms with E-state index in [1.54, 1.807) is 0 Å². The second-order valence-electron chi connectivity index (χ2n) is 4.39. The summed E-state index contributed by atoms with van der Waals surface area (Å²) in [6, 6.07) is 3.65. The lowest BCUT2D eigenvalue weighted by Gasteiger charge is -2.17. The molecule has 1 N–H and O–H groups in total. The molecule has 0 saturated carbocycles. The third kappa shape index (κ3) is 4.21. The molecule has 96 valence electrons. The van der Waals surface area contributed by atoms with Crippen LogP contribution in [0.3, 0.4) is 0 Å². The van der Waals surface area contributed by atoms with Crippen LogP contribution in [0.25, 0.3) is 0 Å². The van der Waals surface area contributed by atoms with E-state index in [0.29, 0.717) is 11.5 Å². The van der Waals surface area contributed by atoms with E-state index in [0.717, 1.165) is 10.0 Å². The molecule has 0 bridgehead atoms. The van der Waals surface area contributed by atoms with Crippen molar-refractivity contribution in [2.24, 2.45) is 0 Å². The Morgan fingerprint density at radius 2 is 1.71 bits per heavy atom. The molecule has 0 fully saturated rings. The van der Waals surface area contributed by atoms with Crippen molar-refractivity contribution in [3.8, 4) is 11.5 Å². The lowest BCUT2D eigenvalue weighted by Crippen LogP contribution is -2.09. The van der Waals surface area contributed by atoms with Gasteiger partial charge in [-0.25, -0.2) is 0 Å². The van der Waals surface area contributed by atoms with Gasteiger partial charge in [-0.15, -0.1) is 0 Å². The van der Waals surface area contributed by atoms with E-state index in [2.05, 4.69) is 15.9 Å². The molecule has 0 aliphatic carbocycles. The monoisotopic (exact) mass is 302 g/mol. The first-order valence-corrected chi connectivity index (χ1v) is 6.50. The van der Waals surface area contributed by atoms with Crippen molar-refractivity contribution in [2.45, 2.75) is 46.5 Å². The summed E-state index contributed by atoms with van der Waals surface area (Å²) in [5.74, 6) is 1.41. The van der Waals surface area contributed by atoms with Gasteiger partial charge in [0.1, 0.15) is 11.5 Å². The van der Waals surface area contributed by atoms with Crippen LogP contribution < -0.4 is 9.47 Å². The summed E-state index contributed by atoms with van der Waals surface area (Å²) in [6.45, 7) is 7.79. The van der Waals surface area contributed by atoms with E-state index in [-0.39, 0.29) is 18.8 Å². The van der Waals surface area contributed by atoms with Gasteiger partial charge in [0.15, 0.2) is 0 Å². The highest BCUT2D eigenvalue weighted by Crippen LogP contribution is 2.34. The normalized spacial score (nSPS) is 11.1. The zero-order chi connectivity index (χ0) is 13.0. The Labute approximate surface area is 111 Å². The smallest absolute Gasteiger partial charge is 0.137 e. The Kier molecular flexibility index (Phi) is 5.28. The van der Waals surface area contributed by atoms with E-state index < -0.39 is 0 Å². The Bertz CT molecular complexity index is 375. The molecule has 1 aromatic carbocycles. The molecule has 0 unspecified atom stereocenters. The first-order chi connectivity index (χ1) is 7.93. The van der Waals surface area contributed by atoms with Gasteiger partial charge in [0.25, 0.3) is 0 Å². The average molecular weight is 303 g/mol. The quantitative estimate of drug-likeness (QED) is 0.904. The highest BCUT2D eigenvalue weighted by atomic mass is 79.9. The molecule has 0 spiro atoms. The van der Waals surface area contributed by atoms with Gasteiger partial charge in [-0.3, -0.25) is 0 Å². The van der Waals surface area contributed by atoms with E-state index in [4.69, 9.17) is 9.47 Å². The summed E-state index contributed by atoms with van der Waals surface area (Å²) >= 11 is 3.43. The fourth-order valence-electron chi connectivity index (χ4n) is 1.42. The minimum Gasteiger partial charge on any atom is -0.491 e. The summed E-state index contributed by atoms with van der Waals surface area (Å²) in [6.07, 6.45) is 0.168. The third-order valence-corrected chi connectivity index (χ3v) is 2.89. The molecule has 0 amide bonds. The molecule has 0 heterocycles. The number of rotatable bonds is 5. The Hall–Kier alpha value is -0.740. The van der Waals surface area contributed by atoms with Crippen molar-refractivity contribution in [3.05, 3.63) is 22.2 Å². The second kappa shape index (κ2) is 6.26. The van der Waals surface area contributed by atoms with Crippen molar-refractivity contribution in [1.29, 1.82) is 0 Å². The number of hydrogen-bond donors (Lipinski definition) is 1. The maximum atomic E-state index is 9.29. The van der Waals surface area contributed by atoms with E-state index in [9.17, 15) is 5.11 Å². The lowest BCUT2D eigenvalue weighted by atomic mass is 10.2. The number of aliphatic hydroxyl groups is 1. The van der Waals surface area contributed by atoms with Crippen molar-refractivity contribution in [1.82, 2.24) is 0 Å². The second-order valence-corrected chi connectivity index (χ2v) is 5.18. The highest BCUT2D eigenvalue weighted by molar-refractivity contribution is 9.10. The summed E-state index contributed by atoms with van der Waals surface area (Å²) in [5.41, 5.74) is 0.763. The molecule has 0 aliphatic rings. The number of halogens is 1. The predicted molar refractivity (Wildman–Crippen MR) is 71.6 cm³/mol. The van der Waals surface area contributed by atoms with Crippen molar-refractivity contribution < 1.29 is 14.6 Å². The van der Waals surface area contributed by atoms with Gasteiger partial charge in [0, 0.05) is 6.07 Å². The molecule has 3 nitrogen and oxygen atoms in total. The van der Waals surface area contributed by atoms with Crippen LogP contribution >= 0.6 is 15.9 Å². The van der Waals surface area contributed by atoms with E-state index >= 15 is 0 Å². The van der Waals surface area contributed by atoms with Crippen molar-refractivity contribution in [3.63, 3.8) is 0 Å².